The molecule has 3 N–H and O–H groups in total. The molecule has 196 valence electrons. The van der Waals surface area contributed by atoms with Crippen molar-refractivity contribution in [2.45, 2.75) is 6.54 Å². The molecule has 12 nitrogen and oxygen atoms in total. The van der Waals surface area contributed by atoms with Gasteiger partial charge in [-0.3, -0.25) is 4.31 Å². The third-order valence-corrected chi connectivity index (χ3v) is 6.68. The molecule has 4 aromatic rings. The summed E-state index contributed by atoms with van der Waals surface area (Å²) in [6.07, 6.45) is 3.76. The number of nitrogens with zero attached hydrogens (tertiary/aromatic N) is 4. The van der Waals surface area contributed by atoms with Crippen LogP contribution in [0, 0.1) is 5.82 Å². The highest BCUT2D eigenvalue weighted by molar-refractivity contribution is 7.92. The van der Waals surface area contributed by atoms with E-state index in [0.29, 0.717) is 28.5 Å². The number of anilines is 4. The largest absolute Gasteiger partial charge is 0.493 e. The Labute approximate surface area is 212 Å². The van der Waals surface area contributed by atoms with Gasteiger partial charge in [-0.1, -0.05) is 6.07 Å². The van der Waals surface area contributed by atoms with Gasteiger partial charge in [-0.15, -0.1) is 0 Å². The molecule has 37 heavy (non-hydrogen) atoms. The highest BCUT2D eigenvalue weighted by Crippen LogP contribution is 2.40. The number of aromatic nitrogens is 4. The summed E-state index contributed by atoms with van der Waals surface area (Å²) in [4.78, 5) is 15.8. The number of fused-ring (bicyclic) bond motifs is 1. The highest BCUT2D eigenvalue weighted by Gasteiger charge is 2.19. The van der Waals surface area contributed by atoms with Gasteiger partial charge < -0.3 is 29.8 Å². The fraction of sp³-hybridized carbons (Fsp3) is 0.261. The number of aromatic amines is 1. The fourth-order valence-electron chi connectivity index (χ4n) is 3.65. The number of nitrogens with one attached hydrogen (secondary N) is 3. The van der Waals surface area contributed by atoms with E-state index in [-0.39, 0.29) is 35.2 Å². The number of ether oxygens (including phenoxy) is 3. The predicted octanol–water partition coefficient (Wildman–Crippen LogP) is 3.27. The molecule has 0 aliphatic heterocycles. The van der Waals surface area contributed by atoms with Gasteiger partial charge in [0.05, 0.1) is 33.0 Å². The van der Waals surface area contributed by atoms with Crippen molar-refractivity contribution < 1.29 is 27.0 Å². The number of pyridine rings is 1. The number of H-pyrrole nitrogens is 1. The molecule has 3 aromatic heterocycles. The lowest BCUT2D eigenvalue weighted by Crippen LogP contribution is -2.27. The second kappa shape index (κ2) is 10.3. The molecular weight excluding hydrogens is 505 g/mol. The lowest BCUT2D eigenvalue weighted by molar-refractivity contribution is 0.324. The zero-order valence-corrected chi connectivity index (χ0v) is 21.6. The highest BCUT2D eigenvalue weighted by atomic mass is 32.2. The molecule has 14 heteroatoms. The Hall–Kier alpha value is -4.33. The molecule has 0 aliphatic carbocycles. The van der Waals surface area contributed by atoms with Crippen LogP contribution in [0.2, 0.25) is 0 Å². The first-order chi connectivity index (χ1) is 17.7. The first-order valence-electron chi connectivity index (χ1n) is 10.9. The summed E-state index contributed by atoms with van der Waals surface area (Å²) in [6, 6.07) is 6.76. The topological polar surface area (TPSA) is 144 Å². The Bertz CT molecular complexity index is 1520. The van der Waals surface area contributed by atoms with Crippen LogP contribution in [0.5, 0.6) is 17.2 Å². The number of hydrogen-bond acceptors (Lipinski definition) is 10. The molecule has 0 radical (unpaired) electrons. The monoisotopic (exact) mass is 531 g/mol. The van der Waals surface area contributed by atoms with Gasteiger partial charge in [0.25, 0.3) is 0 Å². The zero-order chi connectivity index (χ0) is 26.7. The van der Waals surface area contributed by atoms with Crippen molar-refractivity contribution in [3.63, 3.8) is 0 Å². The van der Waals surface area contributed by atoms with Gasteiger partial charge in [0.2, 0.25) is 21.7 Å². The molecule has 0 amide bonds. The van der Waals surface area contributed by atoms with Crippen LogP contribution in [0.4, 0.5) is 27.7 Å². The minimum atomic E-state index is -3.54. The molecule has 0 bridgehead atoms. The minimum Gasteiger partial charge on any atom is -0.493 e. The van der Waals surface area contributed by atoms with Crippen molar-refractivity contribution in [2.75, 3.05) is 49.6 Å². The third kappa shape index (κ3) is 5.28. The number of rotatable bonds is 10. The number of sulfonamides is 1. The number of methoxy groups -OCH3 is 3. The van der Waals surface area contributed by atoms with E-state index in [2.05, 4.69) is 30.6 Å². The van der Waals surface area contributed by atoms with Crippen LogP contribution in [-0.2, 0) is 16.6 Å². The summed E-state index contributed by atoms with van der Waals surface area (Å²) in [5.74, 6) is 1.32. The SMILES string of the molecule is COc1cc(Nc2nc(NCc3cccnc3N(C)S(C)(=O)=O)c3c(F)c[nH]c3n2)cc(OC)c1OC. The van der Waals surface area contributed by atoms with Crippen LogP contribution >= 0.6 is 0 Å². The first-order valence-corrected chi connectivity index (χ1v) is 12.7. The Morgan fingerprint density at radius 2 is 1.81 bits per heavy atom. The Kier molecular flexibility index (Phi) is 7.20. The third-order valence-electron chi connectivity index (χ3n) is 5.51. The Balaban J connectivity index is 1.69. The summed E-state index contributed by atoms with van der Waals surface area (Å²) >= 11 is 0. The lowest BCUT2D eigenvalue weighted by atomic mass is 10.2. The van der Waals surface area contributed by atoms with Crippen molar-refractivity contribution in [3.8, 4) is 17.2 Å². The molecule has 0 atom stereocenters. The molecule has 0 spiro atoms. The van der Waals surface area contributed by atoms with E-state index in [1.165, 1.54) is 40.8 Å². The Morgan fingerprint density at radius 3 is 2.43 bits per heavy atom. The summed E-state index contributed by atoms with van der Waals surface area (Å²) in [7, 11) is 2.38. The van der Waals surface area contributed by atoms with Gasteiger partial charge in [-0.2, -0.15) is 9.97 Å². The number of halogens is 1. The van der Waals surface area contributed by atoms with Crippen LogP contribution in [0.1, 0.15) is 5.56 Å². The van der Waals surface area contributed by atoms with Gasteiger partial charge in [0.15, 0.2) is 17.3 Å². The molecule has 3 heterocycles. The van der Waals surface area contributed by atoms with Crippen molar-refractivity contribution in [1.29, 1.82) is 0 Å². The predicted molar refractivity (Wildman–Crippen MR) is 138 cm³/mol. The minimum absolute atomic E-state index is 0.114. The molecular formula is C23H26FN7O5S. The van der Waals surface area contributed by atoms with Gasteiger partial charge in [-0.05, 0) is 6.07 Å². The van der Waals surface area contributed by atoms with Crippen molar-refractivity contribution >= 4 is 44.3 Å². The standard InChI is InChI=1S/C23H26FN7O5S/c1-31(37(5,32)33)22-13(7-6-8-25-22)11-26-20-18-15(24)12-27-21(18)30-23(29-20)28-14-9-16(34-2)19(36-4)17(10-14)35-3/h6-10,12H,11H2,1-5H3,(H3,26,27,28,29,30). The van der Waals surface area contributed by atoms with Crippen molar-refractivity contribution in [1.82, 2.24) is 19.9 Å². The molecule has 0 unspecified atom stereocenters. The molecule has 0 aliphatic rings. The van der Waals surface area contributed by atoms with Gasteiger partial charge in [-0.25, -0.2) is 17.8 Å². The fourth-order valence-corrected chi connectivity index (χ4v) is 4.13. The van der Waals surface area contributed by atoms with Crippen LogP contribution in [0.15, 0.2) is 36.7 Å². The zero-order valence-electron chi connectivity index (χ0n) is 20.8. The normalized spacial score (nSPS) is 11.3. The molecule has 0 saturated carbocycles. The van der Waals surface area contributed by atoms with E-state index >= 15 is 0 Å². The first kappa shape index (κ1) is 25.8. The average Bonchev–Trinajstić information content (AvgIpc) is 3.26. The maximum Gasteiger partial charge on any atom is 0.233 e. The summed E-state index contributed by atoms with van der Waals surface area (Å²) < 4.78 is 55.9. The molecule has 0 fully saturated rings. The van der Waals surface area contributed by atoms with E-state index in [4.69, 9.17) is 14.2 Å². The van der Waals surface area contributed by atoms with Crippen LogP contribution in [-0.4, -0.2) is 63.0 Å². The van der Waals surface area contributed by atoms with E-state index in [1.54, 1.807) is 24.3 Å². The van der Waals surface area contributed by atoms with Crippen LogP contribution in [0.25, 0.3) is 11.0 Å². The van der Waals surface area contributed by atoms with Gasteiger partial charge in [0.1, 0.15) is 17.3 Å². The quantitative estimate of drug-likeness (QED) is 0.279. The van der Waals surface area contributed by atoms with Gasteiger partial charge >= 0.3 is 0 Å². The summed E-state index contributed by atoms with van der Waals surface area (Å²) in [5, 5.41) is 6.31. The number of hydrogen-bond donors (Lipinski definition) is 3. The molecule has 4 rings (SSSR count). The van der Waals surface area contributed by atoms with E-state index < -0.39 is 15.8 Å². The molecule has 0 saturated heterocycles. The maximum atomic E-state index is 14.6. The maximum absolute atomic E-state index is 14.6. The van der Waals surface area contributed by atoms with Crippen LogP contribution in [0.3, 0.4) is 0 Å². The van der Waals surface area contributed by atoms with Crippen LogP contribution < -0.4 is 29.1 Å². The lowest BCUT2D eigenvalue weighted by Gasteiger charge is -2.19. The number of benzene rings is 1. The van der Waals surface area contributed by atoms with Crippen molar-refractivity contribution in [2.24, 2.45) is 0 Å². The second-order valence-corrected chi connectivity index (χ2v) is 9.88. The average molecular weight is 532 g/mol. The van der Waals surface area contributed by atoms with E-state index in [9.17, 15) is 12.8 Å². The van der Waals surface area contributed by atoms with E-state index in [0.717, 1.165) is 10.6 Å². The smallest absolute Gasteiger partial charge is 0.233 e. The van der Waals surface area contributed by atoms with Crippen molar-refractivity contribution in [3.05, 3.63) is 48.0 Å². The summed E-state index contributed by atoms with van der Waals surface area (Å²) in [6.45, 7) is 0.114. The van der Waals surface area contributed by atoms with Gasteiger partial charge in [0, 0.05) is 49.4 Å². The molecule has 1 aromatic carbocycles. The summed E-state index contributed by atoms with van der Waals surface area (Å²) in [5.41, 5.74) is 1.36. The van der Waals surface area contributed by atoms with E-state index in [1.807, 2.05) is 0 Å². The second-order valence-electron chi connectivity index (χ2n) is 7.87. The Morgan fingerprint density at radius 1 is 1.11 bits per heavy atom.